The van der Waals surface area contributed by atoms with E-state index in [1.165, 1.54) is 6.42 Å². The first-order valence-electron chi connectivity index (χ1n) is 7.66. The van der Waals surface area contributed by atoms with Crippen molar-refractivity contribution in [3.8, 4) is 0 Å². The van der Waals surface area contributed by atoms with Gasteiger partial charge >= 0.3 is 0 Å². The van der Waals surface area contributed by atoms with Gasteiger partial charge in [0, 0.05) is 31.1 Å². The van der Waals surface area contributed by atoms with E-state index in [2.05, 4.69) is 15.4 Å². The summed E-state index contributed by atoms with van der Waals surface area (Å²) in [6.07, 6.45) is 2.67. The van der Waals surface area contributed by atoms with Crippen LogP contribution in [0.5, 0.6) is 0 Å². The van der Waals surface area contributed by atoms with Crippen molar-refractivity contribution in [3.05, 3.63) is 30.0 Å². The molecule has 110 valence electrons. The Bertz CT molecular complexity index is 666. The molecule has 0 radical (unpaired) electrons. The second-order valence-electron chi connectivity index (χ2n) is 6.02. The highest BCUT2D eigenvalue weighted by Crippen LogP contribution is 2.27. The van der Waals surface area contributed by atoms with Crippen molar-refractivity contribution in [2.75, 3.05) is 19.6 Å². The maximum absolute atomic E-state index is 12.7. The number of benzene rings is 1. The minimum atomic E-state index is 0.174. The van der Waals surface area contributed by atoms with Gasteiger partial charge in [0.2, 0.25) is 5.91 Å². The monoisotopic (exact) mass is 285 g/mol. The maximum atomic E-state index is 12.7. The molecule has 1 amide bonds. The lowest BCUT2D eigenvalue weighted by Gasteiger charge is -2.37. The van der Waals surface area contributed by atoms with E-state index >= 15 is 0 Å². The normalized spacial score (nSPS) is 25.2. The number of nitrogens with zero attached hydrogens (tertiary/aromatic N) is 2. The van der Waals surface area contributed by atoms with Crippen molar-refractivity contribution in [2.45, 2.75) is 25.3 Å². The predicted octanol–water partition coefficient (Wildman–Crippen LogP) is 1.58. The summed E-state index contributed by atoms with van der Waals surface area (Å²) in [6.45, 7) is 2.84. The first-order chi connectivity index (χ1) is 10.3. The second kappa shape index (κ2) is 5.15. The van der Waals surface area contributed by atoms with Crippen LogP contribution in [-0.2, 0) is 11.2 Å². The third kappa shape index (κ3) is 2.21. The molecule has 3 heterocycles. The van der Waals surface area contributed by atoms with E-state index in [4.69, 9.17) is 4.52 Å². The van der Waals surface area contributed by atoms with Gasteiger partial charge < -0.3 is 14.7 Å². The van der Waals surface area contributed by atoms with Gasteiger partial charge in [0.25, 0.3) is 0 Å². The zero-order valence-electron chi connectivity index (χ0n) is 11.9. The molecule has 1 N–H and O–H groups in total. The highest BCUT2D eigenvalue weighted by molar-refractivity contribution is 5.86. The van der Waals surface area contributed by atoms with Gasteiger partial charge in [-0.1, -0.05) is 17.3 Å². The lowest BCUT2D eigenvalue weighted by Crippen LogP contribution is -2.48. The molecule has 0 saturated carbocycles. The summed E-state index contributed by atoms with van der Waals surface area (Å²) in [5.41, 5.74) is 1.50. The molecule has 2 aliphatic heterocycles. The largest absolute Gasteiger partial charge is 0.356 e. The predicted molar refractivity (Wildman–Crippen MR) is 78.8 cm³/mol. The third-order valence-electron chi connectivity index (χ3n) is 4.77. The van der Waals surface area contributed by atoms with Gasteiger partial charge in [-0.15, -0.1) is 0 Å². The Hall–Kier alpha value is -1.88. The Balaban J connectivity index is 1.55. The van der Waals surface area contributed by atoms with Crippen LogP contribution in [0.1, 0.15) is 18.5 Å². The van der Waals surface area contributed by atoms with E-state index < -0.39 is 0 Å². The number of amides is 1. The summed E-state index contributed by atoms with van der Waals surface area (Å²) in [4.78, 5) is 14.7. The quantitative estimate of drug-likeness (QED) is 0.910. The van der Waals surface area contributed by atoms with Gasteiger partial charge in [-0.3, -0.25) is 4.79 Å². The Morgan fingerprint density at radius 1 is 1.38 bits per heavy atom. The van der Waals surface area contributed by atoms with Crippen molar-refractivity contribution in [2.24, 2.45) is 5.92 Å². The third-order valence-corrected chi connectivity index (χ3v) is 4.77. The zero-order chi connectivity index (χ0) is 14.2. The van der Waals surface area contributed by atoms with Crippen LogP contribution in [0.4, 0.5) is 0 Å². The van der Waals surface area contributed by atoms with Crippen molar-refractivity contribution in [3.63, 3.8) is 0 Å². The maximum Gasteiger partial charge on any atom is 0.229 e. The fraction of sp³-hybridized carbons (Fsp3) is 0.500. The molecular formula is C16H19N3O2. The Kier molecular flexibility index (Phi) is 3.15. The Morgan fingerprint density at radius 3 is 3.24 bits per heavy atom. The number of aromatic nitrogens is 1. The summed E-state index contributed by atoms with van der Waals surface area (Å²) in [7, 11) is 0. The molecule has 21 heavy (non-hydrogen) atoms. The van der Waals surface area contributed by atoms with Gasteiger partial charge in [-0.05, 0) is 30.9 Å². The summed E-state index contributed by atoms with van der Waals surface area (Å²) in [5, 5.41) is 8.44. The number of likely N-dealkylation sites (tertiary alicyclic amines) is 1. The number of nitrogens with one attached hydrogen (secondary N) is 1. The van der Waals surface area contributed by atoms with Crippen molar-refractivity contribution < 1.29 is 9.32 Å². The van der Waals surface area contributed by atoms with Crippen molar-refractivity contribution in [1.82, 2.24) is 15.4 Å². The SMILES string of the molecule is O=C(Cc1noc2ccccc12)N1CCCC2CNCC21. The smallest absolute Gasteiger partial charge is 0.229 e. The molecule has 2 aliphatic rings. The van der Waals surface area contributed by atoms with Crippen LogP contribution >= 0.6 is 0 Å². The summed E-state index contributed by atoms with van der Waals surface area (Å²) in [5.74, 6) is 0.796. The molecule has 1 aromatic carbocycles. The molecule has 2 saturated heterocycles. The number of hydrogen-bond donors (Lipinski definition) is 1. The van der Waals surface area contributed by atoms with E-state index in [0.717, 1.165) is 42.7 Å². The molecular weight excluding hydrogens is 266 g/mol. The number of piperidine rings is 1. The molecule has 0 bridgehead atoms. The molecule has 5 nitrogen and oxygen atoms in total. The highest BCUT2D eigenvalue weighted by Gasteiger charge is 2.37. The lowest BCUT2D eigenvalue weighted by molar-refractivity contribution is -0.134. The summed E-state index contributed by atoms with van der Waals surface area (Å²) in [6, 6.07) is 8.08. The van der Waals surface area contributed by atoms with Crippen LogP contribution in [0, 0.1) is 5.92 Å². The minimum absolute atomic E-state index is 0.174. The van der Waals surface area contributed by atoms with Crippen LogP contribution in [0.2, 0.25) is 0 Å². The molecule has 1 aromatic heterocycles. The molecule has 2 unspecified atom stereocenters. The average molecular weight is 285 g/mol. The van der Waals surface area contributed by atoms with E-state index in [-0.39, 0.29) is 5.91 Å². The van der Waals surface area contributed by atoms with Crippen LogP contribution < -0.4 is 5.32 Å². The number of carbonyl (C=O) groups is 1. The second-order valence-corrected chi connectivity index (χ2v) is 6.02. The Morgan fingerprint density at radius 2 is 2.29 bits per heavy atom. The fourth-order valence-electron chi connectivity index (χ4n) is 3.69. The average Bonchev–Trinajstić information content (AvgIpc) is 3.14. The van der Waals surface area contributed by atoms with Gasteiger partial charge in [0.15, 0.2) is 5.58 Å². The number of rotatable bonds is 2. The van der Waals surface area contributed by atoms with Crippen molar-refractivity contribution >= 4 is 16.9 Å². The van der Waals surface area contributed by atoms with Crippen LogP contribution in [-0.4, -0.2) is 41.6 Å². The summed E-state index contributed by atoms with van der Waals surface area (Å²) < 4.78 is 5.29. The van der Waals surface area contributed by atoms with Gasteiger partial charge in [-0.2, -0.15) is 0 Å². The standard InChI is InChI=1S/C16H19N3O2/c20-16(19-7-3-4-11-9-17-10-14(11)19)8-13-12-5-1-2-6-15(12)21-18-13/h1-2,5-6,11,14,17H,3-4,7-10H2. The van der Waals surface area contributed by atoms with E-state index in [0.29, 0.717) is 18.4 Å². The summed E-state index contributed by atoms with van der Waals surface area (Å²) >= 11 is 0. The first kappa shape index (κ1) is 12.8. The molecule has 4 rings (SSSR count). The van der Waals surface area contributed by atoms with E-state index in [1.54, 1.807) is 0 Å². The Labute approximate surface area is 123 Å². The number of fused-ring (bicyclic) bond motifs is 2. The molecule has 2 atom stereocenters. The van der Waals surface area contributed by atoms with Crippen LogP contribution in [0.3, 0.4) is 0 Å². The molecule has 0 spiro atoms. The lowest BCUT2D eigenvalue weighted by atomic mass is 9.91. The van der Waals surface area contributed by atoms with Crippen LogP contribution in [0.15, 0.2) is 28.8 Å². The zero-order valence-corrected chi connectivity index (χ0v) is 11.9. The number of carbonyl (C=O) groups excluding carboxylic acids is 1. The first-order valence-corrected chi connectivity index (χ1v) is 7.66. The fourth-order valence-corrected chi connectivity index (χ4v) is 3.69. The van der Waals surface area contributed by atoms with Gasteiger partial charge in [0.05, 0.1) is 6.42 Å². The van der Waals surface area contributed by atoms with Crippen LogP contribution in [0.25, 0.3) is 11.0 Å². The molecule has 0 aliphatic carbocycles. The number of para-hydroxylation sites is 1. The topological polar surface area (TPSA) is 58.4 Å². The van der Waals surface area contributed by atoms with Gasteiger partial charge in [-0.25, -0.2) is 0 Å². The minimum Gasteiger partial charge on any atom is -0.356 e. The van der Waals surface area contributed by atoms with E-state index in [1.807, 2.05) is 24.3 Å². The number of hydrogen-bond acceptors (Lipinski definition) is 4. The molecule has 2 aromatic rings. The molecule has 5 heteroatoms. The molecule has 2 fully saturated rings. The van der Waals surface area contributed by atoms with Gasteiger partial charge in [0.1, 0.15) is 5.69 Å². The highest BCUT2D eigenvalue weighted by atomic mass is 16.5. The van der Waals surface area contributed by atoms with E-state index in [9.17, 15) is 4.79 Å². The van der Waals surface area contributed by atoms with Crippen molar-refractivity contribution in [1.29, 1.82) is 0 Å².